The van der Waals surface area contributed by atoms with Gasteiger partial charge in [0.2, 0.25) is 17.7 Å². The molecule has 0 radical (unpaired) electrons. The summed E-state index contributed by atoms with van der Waals surface area (Å²) < 4.78 is 0. The standard InChI is InChI=1S/C16H27N3O3/c20-14(13-19-11-5-3-8-16(19)22)17-9-6-12-18-10-4-1-2-7-15(18)21/h1-13H2,(H,17,20). The molecule has 6 heteroatoms. The van der Waals surface area contributed by atoms with E-state index >= 15 is 0 Å². The zero-order valence-electron chi connectivity index (χ0n) is 13.3. The molecule has 0 aromatic carbocycles. The first-order valence-electron chi connectivity index (χ1n) is 8.49. The molecule has 2 aliphatic rings. The quantitative estimate of drug-likeness (QED) is 0.741. The van der Waals surface area contributed by atoms with Crippen LogP contribution in [0.3, 0.4) is 0 Å². The van der Waals surface area contributed by atoms with E-state index < -0.39 is 0 Å². The van der Waals surface area contributed by atoms with E-state index in [2.05, 4.69) is 5.32 Å². The van der Waals surface area contributed by atoms with Crippen LogP contribution >= 0.6 is 0 Å². The van der Waals surface area contributed by atoms with E-state index in [0.29, 0.717) is 32.5 Å². The summed E-state index contributed by atoms with van der Waals surface area (Å²) in [7, 11) is 0. The van der Waals surface area contributed by atoms with Crippen LogP contribution in [0.15, 0.2) is 0 Å². The summed E-state index contributed by atoms with van der Waals surface area (Å²) in [5.41, 5.74) is 0. The first-order valence-corrected chi connectivity index (χ1v) is 8.49. The van der Waals surface area contributed by atoms with Gasteiger partial charge in [-0.15, -0.1) is 0 Å². The van der Waals surface area contributed by atoms with Crippen molar-refractivity contribution in [1.29, 1.82) is 0 Å². The van der Waals surface area contributed by atoms with E-state index in [0.717, 1.165) is 45.1 Å². The largest absolute Gasteiger partial charge is 0.354 e. The molecule has 0 bridgehead atoms. The van der Waals surface area contributed by atoms with Crippen LogP contribution in [0.25, 0.3) is 0 Å². The maximum absolute atomic E-state index is 11.8. The monoisotopic (exact) mass is 309 g/mol. The summed E-state index contributed by atoms with van der Waals surface area (Å²) in [6.07, 6.45) is 7.10. The zero-order valence-corrected chi connectivity index (χ0v) is 13.3. The molecule has 0 atom stereocenters. The number of carbonyl (C=O) groups excluding carboxylic acids is 3. The highest BCUT2D eigenvalue weighted by Crippen LogP contribution is 2.11. The van der Waals surface area contributed by atoms with Crippen LogP contribution in [-0.2, 0) is 14.4 Å². The van der Waals surface area contributed by atoms with Crippen LogP contribution in [0.4, 0.5) is 0 Å². The van der Waals surface area contributed by atoms with Crippen molar-refractivity contribution in [2.24, 2.45) is 0 Å². The van der Waals surface area contributed by atoms with Gasteiger partial charge < -0.3 is 15.1 Å². The third kappa shape index (κ3) is 5.31. The average Bonchev–Trinajstić information content (AvgIpc) is 2.71. The van der Waals surface area contributed by atoms with Gasteiger partial charge >= 0.3 is 0 Å². The summed E-state index contributed by atoms with van der Waals surface area (Å²) in [5, 5.41) is 2.85. The summed E-state index contributed by atoms with van der Waals surface area (Å²) in [4.78, 5) is 38.9. The van der Waals surface area contributed by atoms with Gasteiger partial charge in [0, 0.05) is 39.0 Å². The number of hydrogen-bond donors (Lipinski definition) is 1. The van der Waals surface area contributed by atoms with Gasteiger partial charge in [-0.1, -0.05) is 6.42 Å². The Balaban J connectivity index is 1.60. The SMILES string of the molecule is O=C(CN1CCCCC1=O)NCCCN1CCCCCC1=O. The van der Waals surface area contributed by atoms with E-state index in [9.17, 15) is 14.4 Å². The molecule has 22 heavy (non-hydrogen) atoms. The molecule has 0 spiro atoms. The molecule has 2 heterocycles. The molecule has 2 saturated heterocycles. The molecule has 2 rings (SSSR count). The minimum Gasteiger partial charge on any atom is -0.354 e. The first kappa shape index (κ1) is 16.8. The van der Waals surface area contributed by atoms with Gasteiger partial charge in [0.1, 0.15) is 0 Å². The smallest absolute Gasteiger partial charge is 0.239 e. The van der Waals surface area contributed by atoms with Crippen LogP contribution in [0, 0.1) is 0 Å². The molecule has 3 amide bonds. The van der Waals surface area contributed by atoms with Crippen LogP contribution in [-0.4, -0.2) is 60.2 Å². The molecule has 0 aromatic heterocycles. The molecule has 0 saturated carbocycles. The molecular formula is C16H27N3O3. The van der Waals surface area contributed by atoms with Crippen molar-refractivity contribution in [3.63, 3.8) is 0 Å². The minimum atomic E-state index is -0.0996. The molecule has 0 aliphatic carbocycles. The number of nitrogens with zero attached hydrogens (tertiary/aromatic N) is 2. The number of rotatable bonds is 6. The fourth-order valence-electron chi connectivity index (χ4n) is 3.03. The van der Waals surface area contributed by atoms with Crippen LogP contribution in [0.2, 0.25) is 0 Å². The van der Waals surface area contributed by atoms with E-state index in [4.69, 9.17) is 0 Å². The Hall–Kier alpha value is -1.59. The van der Waals surface area contributed by atoms with E-state index in [-0.39, 0.29) is 24.3 Å². The maximum Gasteiger partial charge on any atom is 0.239 e. The van der Waals surface area contributed by atoms with Gasteiger partial charge in [0.05, 0.1) is 6.54 Å². The molecule has 1 N–H and O–H groups in total. The Kier molecular flexibility index (Phi) is 6.68. The number of amides is 3. The highest BCUT2D eigenvalue weighted by molar-refractivity contribution is 5.85. The highest BCUT2D eigenvalue weighted by atomic mass is 16.2. The van der Waals surface area contributed by atoms with Gasteiger partial charge in [0.15, 0.2) is 0 Å². The third-order valence-electron chi connectivity index (χ3n) is 4.35. The summed E-state index contributed by atoms with van der Waals surface area (Å²) in [5.74, 6) is 0.219. The fraction of sp³-hybridized carbons (Fsp3) is 0.812. The Morgan fingerprint density at radius 3 is 2.32 bits per heavy atom. The van der Waals surface area contributed by atoms with Gasteiger partial charge in [-0.25, -0.2) is 0 Å². The lowest BCUT2D eigenvalue weighted by atomic mass is 10.1. The molecule has 2 aliphatic heterocycles. The molecule has 124 valence electrons. The van der Waals surface area contributed by atoms with E-state index in [1.807, 2.05) is 4.90 Å². The average molecular weight is 309 g/mol. The number of nitrogens with one attached hydrogen (secondary N) is 1. The highest BCUT2D eigenvalue weighted by Gasteiger charge is 2.20. The van der Waals surface area contributed by atoms with Crippen LogP contribution < -0.4 is 5.32 Å². The topological polar surface area (TPSA) is 69.7 Å². The summed E-state index contributed by atoms with van der Waals surface area (Å²) >= 11 is 0. The fourth-order valence-corrected chi connectivity index (χ4v) is 3.03. The first-order chi connectivity index (χ1) is 10.7. The van der Waals surface area contributed by atoms with Gasteiger partial charge in [-0.2, -0.15) is 0 Å². The lowest BCUT2D eigenvalue weighted by molar-refractivity contribution is -0.137. The van der Waals surface area contributed by atoms with Crippen molar-refractivity contribution in [2.75, 3.05) is 32.7 Å². The van der Waals surface area contributed by atoms with Crippen LogP contribution in [0.5, 0.6) is 0 Å². The van der Waals surface area contributed by atoms with Crippen LogP contribution in [0.1, 0.15) is 51.4 Å². The molecule has 0 unspecified atom stereocenters. The normalized spacial score (nSPS) is 20.0. The lowest BCUT2D eigenvalue weighted by Gasteiger charge is -2.26. The van der Waals surface area contributed by atoms with Crippen molar-refractivity contribution in [1.82, 2.24) is 15.1 Å². The Labute approximate surface area is 132 Å². The van der Waals surface area contributed by atoms with Crippen molar-refractivity contribution in [3.8, 4) is 0 Å². The number of likely N-dealkylation sites (tertiary alicyclic amines) is 2. The second-order valence-electron chi connectivity index (χ2n) is 6.17. The second-order valence-corrected chi connectivity index (χ2v) is 6.17. The summed E-state index contributed by atoms with van der Waals surface area (Å²) in [6.45, 7) is 2.97. The van der Waals surface area contributed by atoms with Gasteiger partial charge in [-0.05, 0) is 32.1 Å². The number of hydrogen-bond acceptors (Lipinski definition) is 3. The number of carbonyl (C=O) groups is 3. The van der Waals surface area contributed by atoms with Crippen molar-refractivity contribution < 1.29 is 14.4 Å². The third-order valence-corrected chi connectivity index (χ3v) is 4.35. The predicted molar refractivity (Wildman–Crippen MR) is 83.1 cm³/mol. The molecule has 0 aromatic rings. The number of piperidine rings is 1. The van der Waals surface area contributed by atoms with Gasteiger partial charge in [0.25, 0.3) is 0 Å². The summed E-state index contributed by atoms with van der Waals surface area (Å²) in [6, 6.07) is 0. The maximum atomic E-state index is 11.8. The lowest BCUT2D eigenvalue weighted by Crippen LogP contribution is -2.43. The molecule has 6 nitrogen and oxygen atoms in total. The minimum absolute atomic E-state index is 0.0802. The van der Waals surface area contributed by atoms with Crippen molar-refractivity contribution >= 4 is 17.7 Å². The predicted octanol–water partition coefficient (Wildman–Crippen LogP) is 0.908. The molecular weight excluding hydrogens is 282 g/mol. The Morgan fingerprint density at radius 1 is 0.909 bits per heavy atom. The second kappa shape index (κ2) is 8.76. The van der Waals surface area contributed by atoms with Gasteiger partial charge in [-0.3, -0.25) is 14.4 Å². The van der Waals surface area contributed by atoms with Crippen molar-refractivity contribution in [3.05, 3.63) is 0 Å². The zero-order chi connectivity index (χ0) is 15.8. The Bertz CT molecular complexity index is 411. The van der Waals surface area contributed by atoms with E-state index in [1.165, 1.54) is 0 Å². The Morgan fingerprint density at radius 2 is 1.55 bits per heavy atom. The van der Waals surface area contributed by atoms with Crippen molar-refractivity contribution in [2.45, 2.75) is 51.4 Å². The van der Waals surface area contributed by atoms with E-state index in [1.54, 1.807) is 4.90 Å². The molecule has 2 fully saturated rings.